The predicted molar refractivity (Wildman–Crippen MR) is 77.6 cm³/mol. The van der Waals surface area contributed by atoms with E-state index in [0.717, 1.165) is 12.8 Å². The fraction of sp³-hybridized carbons (Fsp3) is 0.538. The van der Waals surface area contributed by atoms with Crippen molar-refractivity contribution in [2.75, 3.05) is 44.5 Å². The molecular formula is C13H22N4O3. The van der Waals surface area contributed by atoms with Gasteiger partial charge in [0.25, 0.3) is 5.91 Å². The van der Waals surface area contributed by atoms with Crippen molar-refractivity contribution in [3.05, 3.63) is 17.8 Å². The number of pyridine rings is 1. The summed E-state index contributed by atoms with van der Waals surface area (Å²) in [5, 5.41) is 3.09. The lowest BCUT2D eigenvalue weighted by atomic mass is 10.3. The first-order chi connectivity index (χ1) is 9.65. The second kappa shape index (κ2) is 9.11. The highest BCUT2D eigenvalue weighted by molar-refractivity contribution is 5.91. The van der Waals surface area contributed by atoms with Crippen LogP contribution in [0.4, 0.5) is 11.5 Å². The van der Waals surface area contributed by atoms with E-state index in [1.54, 1.807) is 13.2 Å². The van der Waals surface area contributed by atoms with Gasteiger partial charge in [-0.05, 0) is 25.0 Å². The molecule has 0 aliphatic carbocycles. The molecule has 0 aromatic carbocycles. The molecule has 1 rings (SSSR count). The maximum Gasteiger partial charge on any atom is 0.267 e. The minimum absolute atomic E-state index is 0.199. The van der Waals surface area contributed by atoms with Gasteiger partial charge >= 0.3 is 0 Å². The van der Waals surface area contributed by atoms with Gasteiger partial charge in [-0.15, -0.1) is 0 Å². The Labute approximate surface area is 118 Å². The van der Waals surface area contributed by atoms with Gasteiger partial charge in [0.2, 0.25) is 0 Å². The molecular weight excluding hydrogens is 260 g/mol. The molecule has 20 heavy (non-hydrogen) atoms. The minimum atomic E-state index is -0.570. The Bertz CT molecular complexity index is 426. The zero-order chi connectivity index (χ0) is 14.8. The van der Waals surface area contributed by atoms with Crippen LogP contribution >= 0.6 is 0 Å². The Morgan fingerprint density at radius 1 is 1.30 bits per heavy atom. The van der Waals surface area contributed by atoms with Gasteiger partial charge in [0, 0.05) is 20.3 Å². The van der Waals surface area contributed by atoms with Crippen molar-refractivity contribution >= 4 is 17.4 Å². The Hall–Kier alpha value is -1.86. The maximum absolute atomic E-state index is 11.0. The molecule has 0 aliphatic heterocycles. The molecule has 0 saturated heterocycles. The first kappa shape index (κ1) is 16.2. The highest BCUT2D eigenvalue weighted by Gasteiger charge is 2.06. The summed E-state index contributed by atoms with van der Waals surface area (Å²) in [6.45, 7) is 2.61. The number of rotatable bonds is 10. The summed E-state index contributed by atoms with van der Waals surface area (Å²) in [6, 6.07) is 3.12. The largest absolute Gasteiger partial charge is 0.396 e. The monoisotopic (exact) mass is 282 g/mol. The normalized spacial score (nSPS) is 10.4. The van der Waals surface area contributed by atoms with Crippen LogP contribution in [0.5, 0.6) is 0 Å². The summed E-state index contributed by atoms with van der Waals surface area (Å²) in [4.78, 5) is 15.1. The lowest BCUT2D eigenvalue weighted by Crippen LogP contribution is -2.15. The number of hydrogen-bond donors (Lipinski definition) is 3. The zero-order valence-electron chi connectivity index (χ0n) is 11.7. The molecule has 0 atom stereocenters. The number of nitrogens with one attached hydrogen (secondary N) is 1. The number of nitrogens with zero attached hydrogens (tertiary/aromatic N) is 1. The second-order valence-electron chi connectivity index (χ2n) is 4.24. The summed E-state index contributed by atoms with van der Waals surface area (Å²) in [5.41, 5.74) is 11.6. The van der Waals surface area contributed by atoms with Crippen LogP contribution in [0.25, 0.3) is 0 Å². The van der Waals surface area contributed by atoms with Crippen LogP contribution in [0.3, 0.4) is 0 Å². The number of hydrogen-bond acceptors (Lipinski definition) is 6. The van der Waals surface area contributed by atoms with Crippen LogP contribution in [0.15, 0.2) is 12.1 Å². The molecule has 0 spiro atoms. The molecule has 5 N–H and O–H groups in total. The highest BCUT2D eigenvalue weighted by Crippen LogP contribution is 2.15. The van der Waals surface area contributed by atoms with Crippen LogP contribution in [-0.2, 0) is 9.47 Å². The third-order valence-electron chi connectivity index (χ3n) is 2.62. The van der Waals surface area contributed by atoms with Crippen LogP contribution in [0, 0.1) is 0 Å². The number of carbonyl (C=O) groups excluding carboxylic acids is 1. The van der Waals surface area contributed by atoms with E-state index in [1.807, 2.05) is 0 Å². The van der Waals surface area contributed by atoms with E-state index >= 15 is 0 Å². The van der Waals surface area contributed by atoms with Gasteiger partial charge in [-0.1, -0.05) is 0 Å². The van der Waals surface area contributed by atoms with Crippen molar-refractivity contribution in [2.45, 2.75) is 12.8 Å². The van der Waals surface area contributed by atoms with Gasteiger partial charge < -0.3 is 26.3 Å². The van der Waals surface area contributed by atoms with Crippen LogP contribution < -0.4 is 16.8 Å². The van der Waals surface area contributed by atoms with Crippen molar-refractivity contribution in [3.63, 3.8) is 0 Å². The highest BCUT2D eigenvalue weighted by atomic mass is 16.5. The first-order valence-corrected chi connectivity index (χ1v) is 6.52. The quantitative estimate of drug-likeness (QED) is 0.542. The van der Waals surface area contributed by atoms with Gasteiger partial charge in [0.1, 0.15) is 11.5 Å². The van der Waals surface area contributed by atoms with Crippen molar-refractivity contribution in [1.82, 2.24) is 4.98 Å². The molecule has 1 heterocycles. The molecule has 0 saturated carbocycles. The number of nitrogen functional groups attached to an aromatic ring is 1. The van der Waals surface area contributed by atoms with Gasteiger partial charge in [0.05, 0.1) is 18.9 Å². The number of aromatic nitrogens is 1. The third kappa shape index (κ3) is 5.85. The molecule has 1 amide bonds. The number of unbranched alkanes of at least 4 members (excludes halogenated alkanes) is 1. The van der Waals surface area contributed by atoms with Crippen LogP contribution in [0.2, 0.25) is 0 Å². The molecule has 0 bridgehead atoms. The number of anilines is 2. The van der Waals surface area contributed by atoms with Crippen molar-refractivity contribution in [2.24, 2.45) is 5.73 Å². The number of ether oxygens (including phenoxy) is 2. The number of amides is 1. The summed E-state index contributed by atoms with van der Waals surface area (Å²) >= 11 is 0. The van der Waals surface area contributed by atoms with Crippen molar-refractivity contribution in [1.29, 1.82) is 0 Å². The third-order valence-corrected chi connectivity index (χ3v) is 2.62. The molecule has 0 unspecified atom stereocenters. The van der Waals surface area contributed by atoms with Gasteiger partial charge in [0.15, 0.2) is 0 Å². The average Bonchev–Trinajstić information content (AvgIpc) is 2.43. The SMILES string of the molecule is COCCOCCCCNc1nc(C(N)=O)ccc1N. The van der Waals surface area contributed by atoms with Crippen molar-refractivity contribution < 1.29 is 14.3 Å². The predicted octanol–water partition coefficient (Wildman–Crippen LogP) is 0.618. The molecule has 7 heteroatoms. The average molecular weight is 282 g/mol. The van der Waals surface area contributed by atoms with E-state index in [4.69, 9.17) is 20.9 Å². The van der Waals surface area contributed by atoms with E-state index in [9.17, 15) is 4.79 Å². The Morgan fingerprint density at radius 2 is 2.10 bits per heavy atom. The van der Waals surface area contributed by atoms with Crippen LogP contribution in [-0.4, -0.2) is 44.4 Å². The number of carbonyl (C=O) groups is 1. The lowest BCUT2D eigenvalue weighted by molar-refractivity contribution is 0.0691. The second-order valence-corrected chi connectivity index (χ2v) is 4.24. The lowest BCUT2D eigenvalue weighted by Gasteiger charge is -2.09. The standard InChI is InChI=1S/C13H22N4O3/c1-19-8-9-20-7-3-2-6-16-13-10(14)4-5-11(17-13)12(15)18/h4-5H,2-3,6-9,14H2,1H3,(H2,15,18)(H,16,17). The minimum Gasteiger partial charge on any atom is -0.396 e. The first-order valence-electron chi connectivity index (χ1n) is 6.52. The molecule has 0 radical (unpaired) electrons. The van der Waals surface area contributed by atoms with E-state index in [0.29, 0.717) is 37.9 Å². The molecule has 0 aliphatic rings. The fourth-order valence-corrected chi connectivity index (χ4v) is 1.53. The maximum atomic E-state index is 11.0. The molecule has 112 valence electrons. The number of nitrogens with two attached hydrogens (primary N) is 2. The summed E-state index contributed by atoms with van der Waals surface area (Å²) in [6.07, 6.45) is 1.83. The molecule has 1 aromatic heterocycles. The molecule has 0 fully saturated rings. The summed E-state index contributed by atoms with van der Waals surface area (Å²) < 4.78 is 10.2. The smallest absolute Gasteiger partial charge is 0.267 e. The zero-order valence-corrected chi connectivity index (χ0v) is 11.7. The summed E-state index contributed by atoms with van der Waals surface area (Å²) in [5.74, 6) is -0.0822. The Morgan fingerprint density at radius 3 is 2.80 bits per heavy atom. The number of methoxy groups -OCH3 is 1. The van der Waals surface area contributed by atoms with E-state index in [1.165, 1.54) is 6.07 Å². The number of primary amides is 1. The van der Waals surface area contributed by atoms with Crippen LogP contribution in [0.1, 0.15) is 23.3 Å². The molecule has 1 aromatic rings. The Balaban J connectivity index is 2.24. The Kier molecular flexibility index (Phi) is 7.38. The van der Waals surface area contributed by atoms with Crippen molar-refractivity contribution in [3.8, 4) is 0 Å². The fourth-order valence-electron chi connectivity index (χ4n) is 1.53. The van der Waals surface area contributed by atoms with E-state index < -0.39 is 5.91 Å². The van der Waals surface area contributed by atoms with Gasteiger partial charge in [-0.25, -0.2) is 4.98 Å². The molecule has 7 nitrogen and oxygen atoms in total. The summed E-state index contributed by atoms with van der Waals surface area (Å²) in [7, 11) is 1.64. The topological polar surface area (TPSA) is 112 Å². The van der Waals surface area contributed by atoms with E-state index in [-0.39, 0.29) is 5.69 Å². The van der Waals surface area contributed by atoms with Gasteiger partial charge in [-0.2, -0.15) is 0 Å². The van der Waals surface area contributed by atoms with Gasteiger partial charge in [-0.3, -0.25) is 4.79 Å². The van der Waals surface area contributed by atoms with E-state index in [2.05, 4.69) is 10.3 Å².